The van der Waals surface area contributed by atoms with Gasteiger partial charge >= 0.3 is 6.03 Å². The third-order valence-corrected chi connectivity index (χ3v) is 4.35. The molecule has 0 unspecified atom stereocenters. The van der Waals surface area contributed by atoms with Crippen molar-refractivity contribution in [3.05, 3.63) is 36.2 Å². The van der Waals surface area contributed by atoms with Crippen LogP contribution >= 0.6 is 0 Å². The average Bonchev–Trinajstić information content (AvgIpc) is 3.26. The largest absolute Gasteiger partial charge is 0.421 e. The average molecular weight is 330 g/mol. The number of carbonyl (C=O) groups is 1. The third-order valence-electron chi connectivity index (χ3n) is 4.35. The molecule has 7 heteroatoms. The van der Waals surface area contributed by atoms with Crippen LogP contribution in [0.1, 0.15) is 31.6 Å². The Morgan fingerprint density at radius 2 is 1.96 bits per heavy atom. The highest BCUT2D eigenvalue weighted by atomic mass is 16.4. The van der Waals surface area contributed by atoms with Gasteiger partial charge in [-0.25, -0.2) is 4.79 Å². The van der Waals surface area contributed by atoms with Crippen molar-refractivity contribution in [2.24, 2.45) is 0 Å². The number of aliphatic hydroxyl groups excluding tert-OH is 1. The molecule has 1 aliphatic rings. The molecule has 7 nitrogen and oxygen atoms in total. The van der Waals surface area contributed by atoms with Crippen molar-refractivity contribution in [1.29, 1.82) is 0 Å². The summed E-state index contributed by atoms with van der Waals surface area (Å²) in [5, 5.41) is 23.2. The molecule has 1 heterocycles. The molecule has 1 aromatic carbocycles. The van der Waals surface area contributed by atoms with E-state index in [1.54, 1.807) is 0 Å². The number of urea groups is 1. The predicted molar refractivity (Wildman–Crippen MR) is 88.3 cm³/mol. The molecule has 1 fully saturated rings. The molecule has 1 aromatic heterocycles. The molecule has 3 rings (SSSR count). The van der Waals surface area contributed by atoms with E-state index in [9.17, 15) is 9.90 Å². The normalized spacial score (nSPS) is 16.0. The van der Waals surface area contributed by atoms with Gasteiger partial charge in [0.15, 0.2) is 0 Å². The summed E-state index contributed by atoms with van der Waals surface area (Å²) in [6, 6.07) is 9.27. The van der Waals surface area contributed by atoms with Crippen LogP contribution in [-0.2, 0) is 6.42 Å². The predicted octanol–water partition coefficient (Wildman–Crippen LogP) is 1.88. The quantitative estimate of drug-likeness (QED) is 0.751. The fraction of sp³-hybridized carbons (Fsp3) is 0.471. The van der Waals surface area contributed by atoms with E-state index in [0.717, 1.165) is 31.2 Å². The maximum absolute atomic E-state index is 12.0. The molecule has 0 spiro atoms. The van der Waals surface area contributed by atoms with E-state index >= 15 is 0 Å². The highest BCUT2D eigenvalue weighted by Crippen LogP contribution is 2.28. The fourth-order valence-corrected chi connectivity index (χ4v) is 2.99. The number of rotatable bonds is 6. The van der Waals surface area contributed by atoms with Crippen LogP contribution in [-0.4, -0.2) is 40.0 Å². The van der Waals surface area contributed by atoms with E-state index in [0.29, 0.717) is 24.7 Å². The fourth-order valence-electron chi connectivity index (χ4n) is 2.99. The number of hydrogen-bond acceptors (Lipinski definition) is 5. The SMILES string of the molecule is O=C(NCCc1nnc(-c2ccccc2)o1)NC1(CO)CCCC1. The Morgan fingerprint density at radius 1 is 1.21 bits per heavy atom. The van der Waals surface area contributed by atoms with Gasteiger partial charge in [-0.1, -0.05) is 31.0 Å². The lowest BCUT2D eigenvalue weighted by molar-refractivity contribution is 0.163. The zero-order valence-electron chi connectivity index (χ0n) is 13.5. The van der Waals surface area contributed by atoms with Crippen molar-refractivity contribution >= 4 is 6.03 Å². The molecular formula is C17H22N4O3. The number of aliphatic hydroxyl groups is 1. The van der Waals surface area contributed by atoms with E-state index in [-0.39, 0.29) is 12.6 Å². The summed E-state index contributed by atoms with van der Waals surface area (Å²) in [7, 11) is 0. The Kier molecular flexibility index (Phi) is 5.10. The third kappa shape index (κ3) is 3.91. The molecule has 1 aliphatic carbocycles. The lowest BCUT2D eigenvalue weighted by Crippen LogP contribution is -2.53. The van der Waals surface area contributed by atoms with Crippen LogP contribution in [0, 0.1) is 0 Å². The minimum absolute atomic E-state index is 0.0233. The maximum atomic E-state index is 12.0. The minimum Gasteiger partial charge on any atom is -0.421 e. The van der Waals surface area contributed by atoms with Gasteiger partial charge in [0.2, 0.25) is 11.8 Å². The lowest BCUT2D eigenvalue weighted by atomic mass is 9.99. The van der Waals surface area contributed by atoms with Crippen LogP contribution in [0.25, 0.3) is 11.5 Å². The molecule has 2 amide bonds. The van der Waals surface area contributed by atoms with Crippen LogP contribution in [0.2, 0.25) is 0 Å². The summed E-state index contributed by atoms with van der Waals surface area (Å²) >= 11 is 0. The van der Waals surface area contributed by atoms with E-state index in [1.165, 1.54) is 0 Å². The molecule has 1 saturated carbocycles. The molecule has 0 radical (unpaired) electrons. The van der Waals surface area contributed by atoms with Crippen LogP contribution in [0.5, 0.6) is 0 Å². The smallest absolute Gasteiger partial charge is 0.315 e. The molecule has 2 aromatic rings. The van der Waals surface area contributed by atoms with Gasteiger partial charge in [-0.2, -0.15) is 0 Å². The van der Waals surface area contributed by atoms with Gasteiger partial charge in [0, 0.05) is 18.5 Å². The number of hydrogen-bond donors (Lipinski definition) is 3. The number of aromatic nitrogens is 2. The van der Waals surface area contributed by atoms with Crippen LogP contribution in [0.4, 0.5) is 4.79 Å². The highest BCUT2D eigenvalue weighted by molar-refractivity contribution is 5.74. The van der Waals surface area contributed by atoms with E-state index in [1.807, 2.05) is 30.3 Å². The molecule has 24 heavy (non-hydrogen) atoms. The molecule has 0 bridgehead atoms. The number of nitrogens with one attached hydrogen (secondary N) is 2. The molecule has 0 atom stereocenters. The zero-order valence-corrected chi connectivity index (χ0v) is 13.5. The summed E-state index contributed by atoms with van der Waals surface area (Å²) < 4.78 is 5.59. The first-order chi connectivity index (χ1) is 11.7. The second-order valence-electron chi connectivity index (χ2n) is 6.14. The molecular weight excluding hydrogens is 308 g/mol. The van der Waals surface area contributed by atoms with Gasteiger partial charge in [0.05, 0.1) is 12.1 Å². The van der Waals surface area contributed by atoms with Crippen molar-refractivity contribution in [2.75, 3.05) is 13.2 Å². The second-order valence-corrected chi connectivity index (χ2v) is 6.14. The molecule has 0 aliphatic heterocycles. The zero-order chi connectivity index (χ0) is 16.8. The topological polar surface area (TPSA) is 100 Å². The van der Waals surface area contributed by atoms with Gasteiger partial charge in [-0.3, -0.25) is 0 Å². The summed E-state index contributed by atoms with van der Waals surface area (Å²) in [4.78, 5) is 12.0. The standard InChI is InChI=1S/C17H22N4O3/c22-12-17(9-4-5-10-17)19-16(23)18-11-8-14-20-21-15(24-14)13-6-2-1-3-7-13/h1-3,6-7,22H,4-5,8-12H2,(H2,18,19,23). The molecule has 128 valence electrons. The van der Waals surface area contributed by atoms with Gasteiger partial charge in [0.25, 0.3) is 0 Å². The van der Waals surface area contributed by atoms with Crippen molar-refractivity contribution in [2.45, 2.75) is 37.6 Å². The molecule has 3 N–H and O–H groups in total. The monoisotopic (exact) mass is 330 g/mol. The number of benzene rings is 1. The number of amides is 2. The maximum Gasteiger partial charge on any atom is 0.315 e. The Morgan fingerprint density at radius 3 is 2.67 bits per heavy atom. The first-order valence-corrected chi connectivity index (χ1v) is 8.25. The van der Waals surface area contributed by atoms with Crippen molar-refractivity contribution in [3.63, 3.8) is 0 Å². The Balaban J connectivity index is 1.46. The van der Waals surface area contributed by atoms with E-state index in [4.69, 9.17) is 4.42 Å². The van der Waals surface area contributed by atoms with Crippen LogP contribution < -0.4 is 10.6 Å². The van der Waals surface area contributed by atoms with Gasteiger partial charge in [0.1, 0.15) is 0 Å². The Labute approximate surface area is 140 Å². The highest BCUT2D eigenvalue weighted by Gasteiger charge is 2.34. The van der Waals surface area contributed by atoms with Crippen molar-refractivity contribution in [3.8, 4) is 11.5 Å². The second kappa shape index (κ2) is 7.44. The van der Waals surface area contributed by atoms with Crippen LogP contribution in [0.3, 0.4) is 0 Å². The summed E-state index contributed by atoms with van der Waals surface area (Å²) in [6.07, 6.45) is 4.16. The number of carbonyl (C=O) groups excluding carboxylic acids is 1. The minimum atomic E-state index is -0.463. The van der Waals surface area contributed by atoms with Crippen molar-refractivity contribution < 1.29 is 14.3 Å². The number of nitrogens with zero attached hydrogens (tertiary/aromatic N) is 2. The summed E-state index contributed by atoms with van der Waals surface area (Å²) in [5.41, 5.74) is 0.405. The molecule has 0 saturated heterocycles. The summed E-state index contributed by atoms with van der Waals surface area (Å²) in [5.74, 6) is 0.951. The summed E-state index contributed by atoms with van der Waals surface area (Å²) in [6.45, 7) is 0.369. The van der Waals surface area contributed by atoms with E-state index < -0.39 is 5.54 Å². The lowest BCUT2D eigenvalue weighted by Gasteiger charge is -2.27. The van der Waals surface area contributed by atoms with E-state index in [2.05, 4.69) is 20.8 Å². The van der Waals surface area contributed by atoms with Gasteiger partial charge in [-0.15, -0.1) is 10.2 Å². The first kappa shape index (κ1) is 16.4. The van der Waals surface area contributed by atoms with Crippen molar-refractivity contribution in [1.82, 2.24) is 20.8 Å². The Hall–Kier alpha value is -2.41. The Bertz CT molecular complexity index is 665. The van der Waals surface area contributed by atoms with Gasteiger partial charge in [-0.05, 0) is 25.0 Å². The van der Waals surface area contributed by atoms with Gasteiger partial charge < -0.3 is 20.2 Å². The first-order valence-electron chi connectivity index (χ1n) is 8.25. The van der Waals surface area contributed by atoms with Crippen LogP contribution in [0.15, 0.2) is 34.7 Å².